The van der Waals surface area contributed by atoms with E-state index >= 15 is 0 Å². The predicted octanol–water partition coefficient (Wildman–Crippen LogP) is 1.53. The Morgan fingerprint density at radius 3 is 2.36 bits per heavy atom. The molecule has 0 heterocycles. The Morgan fingerprint density at radius 1 is 1.08 bits per heavy atom. The maximum atomic E-state index is 12.8. The zero-order valence-corrected chi connectivity index (χ0v) is 14.0. The summed E-state index contributed by atoms with van der Waals surface area (Å²) in [4.78, 5) is 23.4. The molecule has 0 atom stereocenters. The Morgan fingerprint density at radius 2 is 1.72 bits per heavy atom. The highest BCUT2D eigenvalue weighted by Crippen LogP contribution is 2.16. The number of hydrogen-bond acceptors (Lipinski definition) is 5. The number of carbonyl (C=O) groups is 2. The molecule has 0 aromatic heterocycles. The van der Waals surface area contributed by atoms with Crippen molar-refractivity contribution in [3.05, 3.63) is 59.9 Å². The van der Waals surface area contributed by atoms with Gasteiger partial charge in [0.05, 0.1) is 29.8 Å². The van der Waals surface area contributed by atoms with Gasteiger partial charge < -0.3 is 10.1 Å². The smallest absolute Gasteiger partial charge is 0.339 e. The van der Waals surface area contributed by atoms with E-state index in [2.05, 4.69) is 14.8 Å². The van der Waals surface area contributed by atoms with E-state index in [4.69, 9.17) is 0 Å². The van der Waals surface area contributed by atoms with Crippen molar-refractivity contribution in [3.63, 3.8) is 0 Å². The fraction of sp³-hybridized carbons (Fsp3) is 0.125. The standard InChI is InChI=1S/C16H15FN2O5S/c1-24-16(21)13-4-2-3-5-14(13)19-15(20)10-18-25(22,23)12-8-6-11(17)7-9-12/h2-9,18H,10H2,1H3,(H,19,20). The minimum Gasteiger partial charge on any atom is -0.465 e. The van der Waals surface area contributed by atoms with Crippen molar-refractivity contribution in [2.75, 3.05) is 19.0 Å². The van der Waals surface area contributed by atoms with Gasteiger partial charge in [-0.05, 0) is 36.4 Å². The first-order chi connectivity index (χ1) is 11.8. The van der Waals surface area contributed by atoms with Gasteiger partial charge in [-0.3, -0.25) is 4.79 Å². The number of amides is 1. The van der Waals surface area contributed by atoms with Gasteiger partial charge in [-0.25, -0.2) is 22.3 Å². The highest BCUT2D eigenvalue weighted by atomic mass is 32.2. The van der Waals surface area contributed by atoms with Crippen LogP contribution < -0.4 is 10.0 Å². The zero-order chi connectivity index (χ0) is 18.4. The predicted molar refractivity (Wildman–Crippen MR) is 88.0 cm³/mol. The molecule has 0 aliphatic heterocycles. The van der Waals surface area contributed by atoms with Crippen LogP contribution in [0.3, 0.4) is 0 Å². The van der Waals surface area contributed by atoms with Crippen LogP contribution in [-0.4, -0.2) is 33.9 Å². The molecule has 0 unspecified atom stereocenters. The summed E-state index contributed by atoms with van der Waals surface area (Å²) in [5.74, 6) is -1.89. The van der Waals surface area contributed by atoms with Crippen LogP contribution in [0.25, 0.3) is 0 Å². The number of para-hydroxylation sites is 1. The molecule has 0 spiro atoms. The summed E-state index contributed by atoms with van der Waals surface area (Å²) in [6.07, 6.45) is 0. The molecule has 2 aromatic rings. The molecule has 7 nitrogen and oxygen atoms in total. The number of esters is 1. The van der Waals surface area contributed by atoms with Crippen molar-refractivity contribution >= 4 is 27.6 Å². The van der Waals surface area contributed by atoms with Gasteiger partial charge in [0.2, 0.25) is 15.9 Å². The van der Waals surface area contributed by atoms with Gasteiger partial charge in [-0.2, -0.15) is 0 Å². The van der Waals surface area contributed by atoms with Crippen molar-refractivity contribution in [2.45, 2.75) is 4.90 Å². The van der Waals surface area contributed by atoms with Gasteiger partial charge >= 0.3 is 5.97 Å². The molecule has 0 fully saturated rings. The Balaban J connectivity index is 2.04. The molecular formula is C16H15FN2O5S. The number of hydrogen-bond donors (Lipinski definition) is 2. The number of nitrogens with one attached hydrogen (secondary N) is 2. The number of sulfonamides is 1. The van der Waals surface area contributed by atoms with Crippen LogP contribution in [0.1, 0.15) is 10.4 Å². The van der Waals surface area contributed by atoms with Gasteiger partial charge in [0.25, 0.3) is 0 Å². The summed E-state index contributed by atoms with van der Waals surface area (Å²) < 4.78 is 43.6. The van der Waals surface area contributed by atoms with Gasteiger partial charge in [0, 0.05) is 0 Å². The second kappa shape index (κ2) is 7.86. The number of benzene rings is 2. The highest BCUT2D eigenvalue weighted by Gasteiger charge is 2.17. The van der Waals surface area contributed by atoms with Crippen LogP contribution in [0.5, 0.6) is 0 Å². The van der Waals surface area contributed by atoms with Crippen LogP contribution in [0, 0.1) is 5.82 Å². The molecule has 2 N–H and O–H groups in total. The number of halogens is 1. The number of ether oxygens (including phenoxy) is 1. The molecule has 0 aliphatic rings. The minimum atomic E-state index is -3.96. The van der Waals surface area contributed by atoms with Crippen molar-refractivity contribution in [2.24, 2.45) is 0 Å². The largest absolute Gasteiger partial charge is 0.465 e. The lowest BCUT2D eigenvalue weighted by molar-refractivity contribution is -0.115. The van der Waals surface area contributed by atoms with Crippen molar-refractivity contribution in [3.8, 4) is 0 Å². The quantitative estimate of drug-likeness (QED) is 0.755. The summed E-state index contributed by atoms with van der Waals surface area (Å²) in [6.45, 7) is -0.560. The van der Waals surface area contributed by atoms with Crippen LogP contribution in [0.2, 0.25) is 0 Å². The van der Waals surface area contributed by atoms with E-state index in [1.807, 2.05) is 0 Å². The average Bonchev–Trinajstić information content (AvgIpc) is 2.60. The summed E-state index contributed by atoms with van der Waals surface area (Å²) in [5, 5.41) is 2.43. The van der Waals surface area contributed by atoms with E-state index in [1.54, 1.807) is 12.1 Å². The van der Waals surface area contributed by atoms with Gasteiger partial charge in [-0.15, -0.1) is 0 Å². The van der Waals surface area contributed by atoms with Gasteiger partial charge in [0.1, 0.15) is 5.82 Å². The summed E-state index contributed by atoms with van der Waals surface area (Å²) in [5.41, 5.74) is 0.333. The van der Waals surface area contributed by atoms with Crippen LogP contribution in [0.15, 0.2) is 53.4 Å². The lowest BCUT2D eigenvalue weighted by atomic mass is 10.2. The van der Waals surface area contributed by atoms with Gasteiger partial charge in [-0.1, -0.05) is 12.1 Å². The number of rotatable bonds is 6. The maximum Gasteiger partial charge on any atom is 0.339 e. The lowest BCUT2D eigenvalue weighted by Gasteiger charge is -2.10. The second-order valence-corrected chi connectivity index (χ2v) is 6.63. The molecule has 2 aromatic carbocycles. The normalized spacial score (nSPS) is 11.0. The first-order valence-electron chi connectivity index (χ1n) is 7.06. The van der Waals surface area contributed by atoms with E-state index in [0.717, 1.165) is 24.3 Å². The Kier molecular flexibility index (Phi) is 5.84. The molecule has 25 heavy (non-hydrogen) atoms. The van der Waals surface area contributed by atoms with Crippen molar-refractivity contribution in [1.29, 1.82) is 0 Å². The molecule has 0 bridgehead atoms. The molecule has 2 rings (SSSR count). The van der Waals surface area contributed by atoms with Crippen LogP contribution in [-0.2, 0) is 19.6 Å². The van der Waals surface area contributed by atoms with E-state index < -0.39 is 34.3 Å². The number of carbonyl (C=O) groups excluding carboxylic acids is 2. The topological polar surface area (TPSA) is 102 Å². The maximum absolute atomic E-state index is 12.8. The molecule has 0 saturated carbocycles. The van der Waals surface area contributed by atoms with Crippen molar-refractivity contribution in [1.82, 2.24) is 4.72 Å². The third kappa shape index (κ3) is 4.85. The van der Waals surface area contributed by atoms with E-state index in [-0.39, 0.29) is 16.1 Å². The van der Waals surface area contributed by atoms with Crippen LogP contribution in [0.4, 0.5) is 10.1 Å². The zero-order valence-electron chi connectivity index (χ0n) is 13.2. The Labute approximate surface area is 143 Å². The lowest BCUT2D eigenvalue weighted by Crippen LogP contribution is -2.33. The Bertz CT molecular complexity index is 882. The molecule has 132 valence electrons. The number of methoxy groups -OCH3 is 1. The molecule has 0 aliphatic carbocycles. The molecule has 9 heteroatoms. The summed E-state index contributed by atoms with van der Waals surface area (Å²) >= 11 is 0. The van der Waals surface area contributed by atoms with E-state index in [1.165, 1.54) is 19.2 Å². The van der Waals surface area contributed by atoms with E-state index in [0.29, 0.717) is 0 Å². The average molecular weight is 366 g/mol. The fourth-order valence-electron chi connectivity index (χ4n) is 1.93. The molecule has 0 saturated heterocycles. The van der Waals surface area contributed by atoms with Gasteiger partial charge in [0.15, 0.2) is 0 Å². The SMILES string of the molecule is COC(=O)c1ccccc1NC(=O)CNS(=O)(=O)c1ccc(F)cc1. The number of anilines is 1. The molecule has 0 radical (unpaired) electrons. The van der Waals surface area contributed by atoms with Crippen molar-refractivity contribution < 1.29 is 27.1 Å². The third-order valence-corrected chi connectivity index (χ3v) is 4.57. The first-order valence-corrected chi connectivity index (χ1v) is 8.54. The molecular weight excluding hydrogens is 351 g/mol. The highest BCUT2D eigenvalue weighted by molar-refractivity contribution is 7.89. The van der Waals surface area contributed by atoms with E-state index in [9.17, 15) is 22.4 Å². The summed E-state index contributed by atoms with van der Waals surface area (Å²) in [7, 11) is -2.76. The first kappa shape index (κ1) is 18.6. The second-order valence-electron chi connectivity index (χ2n) is 4.86. The third-order valence-electron chi connectivity index (χ3n) is 3.15. The minimum absolute atomic E-state index is 0.139. The fourth-order valence-corrected chi connectivity index (χ4v) is 2.91. The summed E-state index contributed by atoms with van der Waals surface area (Å²) in [6, 6.07) is 10.3. The molecule has 1 amide bonds. The monoisotopic (exact) mass is 366 g/mol. The Hall–Kier alpha value is -2.78. The van der Waals surface area contributed by atoms with Crippen LogP contribution >= 0.6 is 0 Å².